The van der Waals surface area contributed by atoms with Gasteiger partial charge in [0.25, 0.3) is 0 Å². The zero-order valence-electron chi connectivity index (χ0n) is 38.3. The van der Waals surface area contributed by atoms with Gasteiger partial charge in [0.05, 0.1) is 24.7 Å². The first kappa shape index (κ1) is 56.3. The molecule has 1 unspecified atom stereocenters. The predicted molar refractivity (Wildman–Crippen MR) is 241 cm³/mol. The summed E-state index contributed by atoms with van der Waals surface area (Å²) >= 11 is 0. The second-order valence-electron chi connectivity index (χ2n) is 18.2. The smallest absolute Gasteiger partial charge is 0.188 e. The quantitative estimate of drug-likeness (QED) is 0.0230. The highest BCUT2D eigenvalue weighted by molar-refractivity contribution is 5.82. The van der Waals surface area contributed by atoms with E-state index in [0.717, 1.165) is 38.5 Å². The van der Waals surface area contributed by atoms with Crippen molar-refractivity contribution >= 4 is 5.78 Å². The molecular formula is C49H97NO9. The normalized spacial score (nSPS) is 21.7. The van der Waals surface area contributed by atoms with Gasteiger partial charge in [0.2, 0.25) is 0 Å². The Bertz CT molecular complexity index is 926. The Labute approximate surface area is 362 Å². The van der Waals surface area contributed by atoms with E-state index in [4.69, 9.17) is 15.2 Å². The fourth-order valence-electron chi connectivity index (χ4n) is 8.67. The van der Waals surface area contributed by atoms with Gasteiger partial charge in [-0.05, 0) is 12.8 Å². The van der Waals surface area contributed by atoms with Gasteiger partial charge >= 0.3 is 0 Å². The average Bonchev–Trinajstić information content (AvgIpc) is 3.23. The monoisotopic (exact) mass is 844 g/mol. The molecule has 59 heavy (non-hydrogen) atoms. The van der Waals surface area contributed by atoms with Crippen LogP contribution in [0.5, 0.6) is 0 Å². The molecule has 0 amide bonds. The lowest BCUT2D eigenvalue weighted by Gasteiger charge is -2.41. The lowest BCUT2D eigenvalue weighted by Crippen LogP contribution is -2.61. The van der Waals surface area contributed by atoms with E-state index in [0.29, 0.717) is 19.3 Å². The third kappa shape index (κ3) is 27.9. The summed E-state index contributed by atoms with van der Waals surface area (Å²) < 4.78 is 11.2. The van der Waals surface area contributed by atoms with Crippen LogP contribution in [0, 0.1) is 5.92 Å². The second kappa shape index (κ2) is 38.9. The molecule has 1 saturated heterocycles. The number of aliphatic hydroxyl groups excluding tert-OH is 6. The van der Waals surface area contributed by atoms with Gasteiger partial charge in [-0.3, -0.25) is 4.79 Å². The number of hydrogen-bond acceptors (Lipinski definition) is 10. The SMILES string of the molecule is CCCCCCCCCCCCCCCCCCCCCCCCCC(=O)[C@H](C(N)O[C@H]1O[C@H](CO)[C@H](O)[C@H](O)[C@H]1O)[C@H](O)[C@H](O)CCCCCCCCCCCCC. The predicted octanol–water partition coefficient (Wildman–Crippen LogP) is 10.1. The Morgan fingerprint density at radius 2 is 0.864 bits per heavy atom. The molecule has 0 radical (unpaired) electrons. The molecule has 1 aliphatic heterocycles. The number of nitrogens with two attached hydrogens (primary N) is 1. The molecule has 0 spiro atoms. The van der Waals surface area contributed by atoms with Crippen molar-refractivity contribution in [1.29, 1.82) is 0 Å². The summed E-state index contributed by atoms with van der Waals surface area (Å²) in [7, 11) is 0. The summed E-state index contributed by atoms with van der Waals surface area (Å²) in [4.78, 5) is 13.6. The molecule has 0 saturated carbocycles. The van der Waals surface area contributed by atoms with Gasteiger partial charge in [-0.1, -0.05) is 226 Å². The van der Waals surface area contributed by atoms with Crippen LogP contribution in [-0.4, -0.2) is 92.2 Å². The fourth-order valence-corrected chi connectivity index (χ4v) is 8.67. The first-order chi connectivity index (χ1) is 28.7. The van der Waals surface area contributed by atoms with Gasteiger partial charge in [-0.25, -0.2) is 0 Å². The van der Waals surface area contributed by atoms with Crippen molar-refractivity contribution in [1.82, 2.24) is 0 Å². The van der Waals surface area contributed by atoms with Gasteiger partial charge in [-0.2, -0.15) is 0 Å². The third-order valence-electron chi connectivity index (χ3n) is 12.8. The van der Waals surface area contributed by atoms with E-state index in [1.54, 1.807) is 0 Å². The Balaban J connectivity index is 2.35. The lowest BCUT2D eigenvalue weighted by molar-refractivity contribution is -0.315. The molecule has 1 aliphatic rings. The molecule has 0 bridgehead atoms. The van der Waals surface area contributed by atoms with Crippen molar-refractivity contribution in [3.8, 4) is 0 Å². The number of ketones is 1. The van der Waals surface area contributed by atoms with Crippen molar-refractivity contribution in [3.05, 3.63) is 0 Å². The molecule has 0 aliphatic carbocycles. The van der Waals surface area contributed by atoms with E-state index in [1.165, 1.54) is 167 Å². The Kier molecular flexibility index (Phi) is 37.2. The Morgan fingerprint density at radius 1 is 0.525 bits per heavy atom. The van der Waals surface area contributed by atoms with Crippen molar-refractivity contribution in [2.24, 2.45) is 11.7 Å². The maximum absolute atomic E-state index is 13.6. The summed E-state index contributed by atoms with van der Waals surface area (Å²) in [6.45, 7) is 3.87. The fraction of sp³-hybridized carbons (Fsp3) is 0.980. The molecule has 1 heterocycles. The zero-order valence-corrected chi connectivity index (χ0v) is 38.3. The van der Waals surface area contributed by atoms with E-state index in [1.807, 2.05) is 0 Å². The van der Waals surface area contributed by atoms with Crippen LogP contribution in [0.4, 0.5) is 0 Å². The number of Topliss-reactive ketones (excluding diaryl/α,β-unsaturated/α-hetero) is 1. The summed E-state index contributed by atoms with van der Waals surface area (Å²) in [5.74, 6) is -1.62. The number of carbonyl (C=O) groups excluding carboxylic acids is 1. The molecule has 0 aromatic carbocycles. The van der Waals surface area contributed by atoms with Crippen molar-refractivity contribution in [3.63, 3.8) is 0 Å². The summed E-state index contributed by atoms with van der Waals surface area (Å²) in [6, 6.07) is 0. The van der Waals surface area contributed by atoms with Crippen LogP contribution < -0.4 is 5.73 Å². The van der Waals surface area contributed by atoms with Gasteiger partial charge in [0, 0.05) is 6.42 Å². The standard InChI is InChI=1S/C49H97NO9/c1-3-5-7-9-11-13-15-16-17-18-19-20-21-22-23-24-25-26-28-29-31-33-35-37-40(52)43(48(50)59-49-47(57)46(56)45(55)42(39-51)58-49)44(54)41(53)38-36-34-32-30-27-14-12-10-8-6-4-2/h41-49,51,53-57H,3-39,50H2,1-2H3/t41-,42-,43+,44-,45+,46+,47-,48?,49-/m1/s1. The highest BCUT2D eigenvalue weighted by Crippen LogP contribution is 2.27. The minimum atomic E-state index is -1.70. The van der Waals surface area contributed by atoms with E-state index in [9.17, 15) is 35.4 Å². The number of ether oxygens (including phenoxy) is 2. The maximum Gasteiger partial charge on any atom is 0.188 e. The minimum Gasteiger partial charge on any atom is -0.394 e. The molecule has 1 rings (SSSR count). The van der Waals surface area contributed by atoms with Crippen LogP contribution in [-0.2, 0) is 14.3 Å². The number of hydrogen-bond donors (Lipinski definition) is 7. The minimum absolute atomic E-state index is 0.165. The van der Waals surface area contributed by atoms with E-state index < -0.39 is 61.7 Å². The van der Waals surface area contributed by atoms with E-state index in [-0.39, 0.29) is 12.2 Å². The van der Waals surface area contributed by atoms with Gasteiger partial charge < -0.3 is 45.8 Å². The molecule has 0 aromatic rings. The summed E-state index contributed by atoms with van der Waals surface area (Å²) in [5.41, 5.74) is 6.35. The lowest BCUT2D eigenvalue weighted by atomic mass is 9.87. The van der Waals surface area contributed by atoms with Crippen LogP contribution in [0.3, 0.4) is 0 Å². The highest BCUT2D eigenvalue weighted by Gasteiger charge is 2.46. The topological polar surface area (TPSA) is 183 Å². The molecule has 10 nitrogen and oxygen atoms in total. The molecule has 9 atom stereocenters. The van der Waals surface area contributed by atoms with Crippen LogP contribution in [0.1, 0.15) is 245 Å². The van der Waals surface area contributed by atoms with Crippen LogP contribution in [0.2, 0.25) is 0 Å². The first-order valence-electron chi connectivity index (χ1n) is 25.3. The Morgan fingerprint density at radius 3 is 1.22 bits per heavy atom. The molecule has 1 fully saturated rings. The van der Waals surface area contributed by atoms with Crippen LogP contribution in [0.25, 0.3) is 0 Å². The highest BCUT2D eigenvalue weighted by atomic mass is 16.7. The summed E-state index contributed by atoms with van der Waals surface area (Å²) in [5, 5.41) is 62.8. The molecule has 0 aromatic heterocycles. The largest absolute Gasteiger partial charge is 0.394 e. The number of carbonyl (C=O) groups is 1. The molecule has 10 heteroatoms. The number of unbranched alkanes of at least 4 members (excludes halogenated alkanes) is 32. The van der Waals surface area contributed by atoms with E-state index in [2.05, 4.69) is 13.8 Å². The van der Waals surface area contributed by atoms with Gasteiger partial charge in [0.15, 0.2) is 6.29 Å². The number of aliphatic hydroxyl groups is 6. The molecule has 8 N–H and O–H groups in total. The van der Waals surface area contributed by atoms with Crippen LogP contribution in [0.15, 0.2) is 0 Å². The third-order valence-corrected chi connectivity index (χ3v) is 12.8. The van der Waals surface area contributed by atoms with E-state index >= 15 is 0 Å². The van der Waals surface area contributed by atoms with Crippen molar-refractivity contribution < 1.29 is 44.9 Å². The molecule has 352 valence electrons. The second-order valence-corrected chi connectivity index (χ2v) is 18.2. The van der Waals surface area contributed by atoms with Gasteiger partial charge in [-0.15, -0.1) is 0 Å². The van der Waals surface area contributed by atoms with Crippen LogP contribution >= 0.6 is 0 Å². The maximum atomic E-state index is 13.6. The average molecular weight is 844 g/mol. The van der Waals surface area contributed by atoms with Crippen molar-refractivity contribution in [2.75, 3.05) is 6.61 Å². The Hall–Kier alpha value is -0.690. The van der Waals surface area contributed by atoms with Gasteiger partial charge in [0.1, 0.15) is 36.4 Å². The van der Waals surface area contributed by atoms with Crippen molar-refractivity contribution in [2.45, 2.75) is 294 Å². The summed E-state index contributed by atoms with van der Waals surface area (Å²) in [6.07, 6.45) is 31.0. The molecular weight excluding hydrogens is 747 g/mol. The zero-order chi connectivity index (χ0) is 43.4. The first-order valence-corrected chi connectivity index (χ1v) is 25.3. The number of rotatable bonds is 43.